The number of phenols is 1. The molecule has 8 heteroatoms. The van der Waals surface area contributed by atoms with Gasteiger partial charge >= 0.3 is 6.16 Å². The molecule has 1 amide bonds. The minimum Gasteiger partial charge on any atom is -0.506 e. The molecule has 0 radical (unpaired) electrons. The molecule has 0 aliphatic carbocycles. The second-order valence-electron chi connectivity index (χ2n) is 8.00. The molecule has 1 aliphatic heterocycles. The van der Waals surface area contributed by atoms with Crippen LogP contribution in [0.5, 0.6) is 11.5 Å². The third kappa shape index (κ3) is 5.68. The lowest BCUT2D eigenvalue weighted by molar-refractivity contribution is -0.119. The quantitative estimate of drug-likeness (QED) is 0.512. The van der Waals surface area contributed by atoms with Crippen molar-refractivity contribution in [2.24, 2.45) is 11.7 Å². The number of aryl methyl sites for hydroxylation is 1. The van der Waals surface area contributed by atoms with E-state index >= 15 is 0 Å². The molecule has 31 heavy (non-hydrogen) atoms. The number of amides is 1. The molecule has 7 nitrogen and oxygen atoms in total. The van der Waals surface area contributed by atoms with Crippen molar-refractivity contribution in [1.82, 2.24) is 0 Å². The second-order valence-corrected chi connectivity index (χ2v) is 8.41. The summed E-state index contributed by atoms with van der Waals surface area (Å²) in [7, 11) is 0. The van der Waals surface area contributed by atoms with Gasteiger partial charge in [0, 0.05) is 11.6 Å². The summed E-state index contributed by atoms with van der Waals surface area (Å²) in [6.07, 6.45) is 1.01. The molecule has 2 aromatic rings. The van der Waals surface area contributed by atoms with Crippen LogP contribution in [0.3, 0.4) is 0 Å². The number of carbonyl (C=O) groups excluding carboxylic acids is 2. The topological polar surface area (TPSA) is 102 Å². The van der Waals surface area contributed by atoms with Crippen LogP contribution in [0.15, 0.2) is 36.4 Å². The highest BCUT2D eigenvalue weighted by atomic mass is 35.5. The standard InChI is InChI=1S/C23H27ClN2O5/c1-14(2)13-30-23(29)31-17-9-8-16(18(24)12-17)11-19(25)22(28)26-10-4-6-15-5-3-7-20(27)21(15)26/h3,5,7-9,12,14,19,27H,4,6,10-11,13,25H2,1-2H3. The van der Waals surface area contributed by atoms with Crippen LogP contribution in [0.2, 0.25) is 5.02 Å². The van der Waals surface area contributed by atoms with Crippen molar-refractivity contribution < 1.29 is 24.2 Å². The zero-order chi connectivity index (χ0) is 22.5. The highest BCUT2D eigenvalue weighted by Crippen LogP contribution is 2.36. The first-order valence-electron chi connectivity index (χ1n) is 10.3. The highest BCUT2D eigenvalue weighted by Gasteiger charge is 2.29. The van der Waals surface area contributed by atoms with E-state index in [0.717, 1.165) is 18.4 Å². The molecule has 0 bridgehead atoms. The first-order chi connectivity index (χ1) is 14.8. The number of fused-ring (bicyclic) bond motifs is 1. The number of nitrogens with two attached hydrogens (primary N) is 1. The summed E-state index contributed by atoms with van der Waals surface area (Å²) in [5.74, 6) is 0.237. The summed E-state index contributed by atoms with van der Waals surface area (Å²) < 4.78 is 10.1. The Morgan fingerprint density at radius 3 is 2.74 bits per heavy atom. The van der Waals surface area contributed by atoms with Crippen LogP contribution in [0.1, 0.15) is 31.4 Å². The van der Waals surface area contributed by atoms with E-state index in [4.69, 9.17) is 26.8 Å². The third-order valence-corrected chi connectivity index (χ3v) is 5.33. The number of halogens is 1. The van der Waals surface area contributed by atoms with Crippen molar-refractivity contribution in [2.45, 2.75) is 39.2 Å². The first-order valence-corrected chi connectivity index (χ1v) is 10.6. The zero-order valence-electron chi connectivity index (χ0n) is 17.6. The minimum atomic E-state index is -0.842. The fourth-order valence-electron chi connectivity index (χ4n) is 3.49. The summed E-state index contributed by atoms with van der Waals surface area (Å²) in [6, 6.07) is 9.14. The molecule has 3 N–H and O–H groups in total. The van der Waals surface area contributed by atoms with Gasteiger partial charge in [-0.15, -0.1) is 0 Å². The largest absolute Gasteiger partial charge is 0.513 e. The van der Waals surface area contributed by atoms with E-state index < -0.39 is 12.2 Å². The van der Waals surface area contributed by atoms with E-state index in [1.54, 1.807) is 29.2 Å². The fourth-order valence-corrected chi connectivity index (χ4v) is 3.74. The van der Waals surface area contributed by atoms with Crippen molar-refractivity contribution in [2.75, 3.05) is 18.1 Å². The molecule has 166 valence electrons. The summed E-state index contributed by atoms with van der Waals surface area (Å²) in [6.45, 7) is 4.60. The maximum absolute atomic E-state index is 13.0. The first kappa shape index (κ1) is 22.9. The number of nitrogens with zero attached hydrogens (tertiary/aromatic N) is 1. The average Bonchev–Trinajstić information content (AvgIpc) is 2.73. The molecule has 3 rings (SSSR count). The number of hydrogen-bond acceptors (Lipinski definition) is 6. The number of benzene rings is 2. The number of rotatable bonds is 6. The molecule has 1 heterocycles. The van der Waals surface area contributed by atoms with E-state index in [2.05, 4.69) is 0 Å². The van der Waals surface area contributed by atoms with Gasteiger partial charge in [-0.25, -0.2) is 4.79 Å². The van der Waals surface area contributed by atoms with E-state index in [9.17, 15) is 14.7 Å². The Balaban J connectivity index is 1.66. The van der Waals surface area contributed by atoms with Crippen molar-refractivity contribution in [3.63, 3.8) is 0 Å². The number of carbonyl (C=O) groups is 2. The predicted octanol–water partition coefficient (Wildman–Crippen LogP) is 4.07. The number of anilines is 1. The Morgan fingerprint density at radius 2 is 2.03 bits per heavy atom. The van der Waals surface area contributed by atoms with Gasteiger partial charge < -0.3 is 25.2 Å². The Kier molecular flexibility index (Phi) is 7.41. The van der Waals surface area contributed by atoms with Crippen LogP contribution < -0.4 is 15.4 Å². The number of ether oxygens (including phenoxy) is 2. The highest BCUT2D eigenvalue weighted by molar-refractivity contribution is 6.31. The summed E-state index contributed by atoms with van der Waals surface area (Å²) in [5, 5.41) is 10.6. The smallest absolute Gasteiger partial charge is 0.506 e. The number of para-hydroxylation sites is 1. The Bertz CT molecular complexity index is 963. The normalized spacial score (nSPS) is 14.2. The molecule has 1 aliphatic rings. The molecular formula is C23H27ClN2O5. The molecule has 0 spiro atoms. The van der Waals surface area contributed by atoms with Gasteiger partial charge in [0.25, 0.3) is 0 Å². The summed E-state index contributed by atoms with van der Waals surface area (Å²) >= 11 is 6.33. The van der Waals surface area contributed by atoms with Gasteiger partial charge in [-0.1, -0.05) is 43.6 Å². The van der Waals surface area contributed by atoms with E-state index in [1.165, 1.54) is 6.07 Å². The van der Waals surface area contributed by atoms with Crippen LogP contribution in [-0.4, -0.2) is 36.4 Å². The van der Waals surface area contributed by atoms with Crippen molar-refractivity contribution in [3.05, 3.63) is 52.5 Å². The van der Waals surface area contributed by atoms with Crippen LogP contribution in [0.25, 0.3) is 0 Å². The van der Waals surface area contributed by atoms with Crippen LogP contribution in [-0.2, 0) is 22.4 Å². The molecule has 0 aromatic heterocycles. The van der Waals surface area contributed by atoms with Gasteiger partial charge in [0.05, 0.1) is 18.3 Å². The van der Waals surface area contributed by atoms with Gasteiger partial charge in [-0.2, -0.15) is 0 Å². The monoisotopic (exact) mass is 446 g/mol. The lowest BCUT2D eigenvalue weighted by atomic mass is 9.98. The maximum atomic E-state index is 13.0. The molecular weight excluding hydrogens is 420 g/mol. The SMILES string of the molecule is CC(C)COC(=O)Oc1ccc(CC(N)C(=O)N2CCCc3cccc(O)c32)c(Cl)c1. The van der Waals surface area contributed by atoms with Crippen molar-refractivity contribution in [1.29, 1.82) is 0 Å². The predicted molar refractivity (Wildman–Crippen MR) is 119 cm³/mol. The van der Waals surface area contributed by atoms with E-state index in [-0.39, 0.29) is 36.4 Å². The lowest BCUT2D eigenvalue weighted by Gasteiger charge is -2.32. The van der Waals surface area contributed by atoms with Crippen LogP contribution in [0.4, 0.5) is 10.5 Å². The molecule has 1 unspecified atom stereocenters. The Morgan fingerprint density at radius 1 is 1.26 bits per heavy atom. The molecule has 1 atom stereocenters. The molecule has 0 saturated carbocycles. The molecule has 2 aromatic carbocycles. The Hall–Kier alpha value is -2.77. The molecule has 0 saturated heterocycles. The van der Waals surface area contributed by atoms with Gasteiger partial charge in [-0.3, -0.25) is 4.79 Å². The lowest BCUT2D eigenvalue weighted by Crippen LogP contribution is -2.47. The number of aromatic hydroxyl groups is 1. The fraction of sp³-hybridized carbons (Fsp3) is 0.391. The minimum absolute atomic E-state index is 0.0710. The van der Waals surface area contributed by atoms with Gasteiger partial charge in [0.15, 0.2) is 0 Å². The number of phenolic OH excluding ortho intramolecular Hbond substituents is 1. The Labute approximate surface area is 186 Å². The van der Waals surface area contributed by atoms with Gasteiger partial charge in [-0.05, 0) is 54.5 Å². The van der Waals surface area contributed by atoms with E-state index in [0.29, 0.717) is 22.8 Å². The van der Waals surface area contributed by atoms with Gasteiger partial charge in [0.1, 0.15) is 11.5 Å². The maximum Gasteiger partial charge on any atom is 0.513 e. The summed E-state index contributed by atoms with van der Waals surface area (Å²) in [5.41, 5.74) is 8.32. The number of hydrogen-bond donors (Lipinski definition) is 2. The van der Waals surface area contributed by atoms with Crippen LogP contribution in [0, 0.1) is 5.92 Å². The van der Waals surface area contributed by atoms with Crippen molar-refractivity contribution >= 4 is 29.4 Å². The second kappa shape index (κ2) is 10.0. The van der Waals surface area contributed by atoms with Gasteiger partial charge in [0.2, 0.25) is 5.91 Å². The third-order valence-electron chi connectivity index (χ3n) is 4.98. The van der Waals surface area contributed by atoms with Crippen LogP contribution >= 0.6 is 11.6 Å². The zero-order valence-corrected chi connectivity index (χ0v) is 18.4. The molecule has 0 fully saturated rings. The van der Waals surface area contributed by atoms with Crippen molar-refractivity contribution in [3.8, 4) is 11.5 Å². The summed E-state index contributed by atoms with van der Waals surface area (Å²) in [4.78, 5) is 26.3. The van der Waals surface area contributed by atoms with E-state index in [1.807, 2.05) is 19.9 Å². The average molecular weight is 447 g/mol.